The molecule has 0 saturated heterocycles. The molecule has 4 atom stereocenters. The molecule has 4 unspecified atom stereocenters. The quantitative estimate of drug-likeness (QED) is 0.671. The van der Waals surface area contributed by atoms with E-state index in [-0.39, 0.29) is 5.92 Å². The predicted molar refractivity (Wildman–Crippen MR) is 48.2 cm³/mol. The molecule has 0 aliphatic heterocycles. The fourth-order valence-corrected chi connectivity index (χ4v) is 4.43. The zero-order valence-electron chi connectivity index (χ0n) is 7.99. The first-order valence-corrected chi connectivity index (χ1v) is 5.39. The van der Waals surface area contributed by atoms with Crippen LogP contribution in [0, 0.1) is 29.1 Å². The van der Waals surface area contributed by atoms with Crippen LogP contribution in [-0.4, -0.2) is 11.1 Å². The van der Waals surface area contributed by atoms with Crippen molar-refractivity contribution in [2.45, 2.75) is 32.6 Å². The Bertz CT molecular complexity index is 267. The number of aliphatic carboxylic acids is 1. The summed E-state index contributed by atoms with van der Waals surface area (Å²) in [6, 6.07) is 0. The maximum absolute atomic E-state index is 11.1. The molecule has 0 amide bonds. The van der Waals surface area contributed by atoms with Crippen molar-refractivity contribution >= 4 is 5.97 Å². The molecule has 2 bridgehead atoms. The molecular weight excluding hydrogens is 164 g/mol. The lowest BCUT2D eigenvalue weighted by atomic mass is 9.81. The van der Waals surface area contributed by atoms with Crippen molar-refractivity contribution in [1.29, 1.82) is 0 Å². The molecule has 3 saturated carbocycles. The maximum Gasteiger partial charge on any atom is 0.307 e. The van der Waals surface area contributed by atoms with Gasteiger partial charge in [0.15, 0.2) is 0 Å². The summed E-state index contributed by atoms with van der Waals surface area (Å²) in [4.78, 5) is 11.1. The van der Waals surface area contributed by atoms with Gasteiger partial charge in [-0.1, -0.05) is 6.92 Å². The largest absolute Gasteiger partial charge is 0.481 e. The van der Waals surface area contributed by atoms with E-state index < -0.39 is 5.97 Å². The highest BCUT2D eigenvalue weighted by atomic mass is 16.4. The molecule has 0 aromatic rings. The Balaban J connectivity index is 1.98. The van der Waals surface area contributed by atoms with E-state index >= 15 is 0 Å². The average Bonchev–Trinajstić information content (AvgIpc) is 2.70. The van der Waals surface area contributed by atoms with Gasteiger partial charge < -0.3 is 5.11 Å². The van der Waals surface area contributed by atoms with Gasteiger partial charge in [0.1, 0.15) is 0 Å². The zero-order chi connectivity index (χ0) is 9.22. The van der Waals surface area contributed by atoms with Crippen molar-refractivity contribution in [3.05, 3.63) is 0 Å². The molecule has 3 aliphatic carbocycles. The number of hydrogen-bond donors (Lipinski definition) is 1. The molecule has 1 N–H and O–H groups in total. The molecule has 13 heavy (non-hydrogen) atoms. The molecule has 0 heterocycles. The topological polar surface area (TPSA) is 37.3 Å². The SMILES string of the molecule is CC1C(C(=O)O)C2CCC1C21CC1. The first kappa shape index (κ1) is 7.84. The van der Waals surface area contributed by atoms with Crippen LogP contribution in [-0.2, 0) is 4.79 Å². The maximum atomic E-state index is 11.1. The summed E-state index contributed by atoms with van der Waals surface area (Å²) in [5.41, 5.74) is 0.516. The van der Waals surface area contributed by atoms with Gasteiger partial charge in [-0.05, 0) is 48.9 Å². The van der Waals surface area contributed by atoms with Crippen LogP contribution in [0.15, 0.2) is 0 Å². The van der Waals surface area contributed by atoms with E-state index in [4.69, 9.17) is 5.11 Å². The number of rotatable bonds is 1. The van der Waals surface area contributed by atoms with Crippen molar-refractivity contribution in [1.82, 2.24) is 0 Å². The smallest absolute Gasteiger partial charge is 0.307 e. The Kier molecular flexibility index (Phi) is 1.27. The second kappa shape index (κ2) is 2.10. The molecule has 2 heteroatoms. The molecule has 3 aliphatic rings. The van der Waals surface area contributed by atoms with Gasteiger partial charge in [0.05, 0.1) is 5.92 Å². The van der Waals surface area contributed by atoms with E-state index in [1.807, 2.05) is 0 Å². The van der Waals surface area contributed by atoms with Crippen LogP contribution in [0.1, 0.15) is 32.6 Å². The molecule has 2 nitrogen and oxygen atoms in total. The lowest BCUT2D eigenvalue weighted by molar-refractivity contribution is -0.145. The zero-order valence-corrected chi connectivity index (χ0v) is 7.99. The van der Waals surface area contributed by atoms with Gasteiger partial charge in [0.2, 0.25) is 0 Å². The van der Waals surface area contributed by atoms with Gasteiger partial charge in [-0.25, -0.2) is 0 Å². The summed E-state index contributed by atoms with van der Waals surface area (Å²) in [5.74, 6) is 1.18. The van der Waals surface area contributed by atoms with Gasteiger partial charge in [-0.2, -0.15) is 0 Å². The molecule has 3 rings (SSSR count). The summed E-state index contributed by atoms with van der Waals surface area (Å²) >= 11 is 0. The minimum Gasteiger partial charge on any atom is -0.481 e. The van der Waals surface area contributed by atoms with Crippen LogP contribution >= 0.6 is 0 Å². The third kappa shape index (κ3) is 0.733. The van der Waals surface area contributed by atoms with Gasteiger partial charge in [0.25, 0.3) is 0 Å². The van der Waals surface area contributed by atoms with Gasteiger partial charge in [-0.15, -0.1) is 0 Å². The third-order valence-corrected chi connectivity index (χ3v) is 5.01. The summed E-state index contributed by atoms with van der Waals surface area (Å²) in [5, 5.41) is 9.17. The lowest BCUT2D eigenvalue weighted by Gasteiger charge is -2.23. The van der Waals surface area contributed by atoms with E-state index in [1.165, 1.54) is 25.7 Å². The van der Waals surface area contributed by atoms with Crippen LogP contribution in [0.4, 0.5) is 0 Å². The lowest BCUT2D eigenvalue weighted by Crippen LogP contribution is -2.27. The number of hydrogen-bond acceptors (Lipinski definition) is 1. The Morgan fingerprint density at radius 1 is 1.31 bits per heavy atom. The fraction of sp³-hybridized carbons (Fsp3) is 0.909. The van der Waals surface area contributed by atoms with Gasteiger partial charge in [-0.3, -0.25) is 4.79 Å². The van der Waals surface area contributed by atoms with Gasteiger partial charge in [0, 0.05) is 0 Å². The number of carboxylic acid groups (broad SMARTS) is 1. The third-order valence-electron chi connectivity index (χ3n) is 5.01. The van der Waals surface area contributed by atoms with Gasteiger partial charge >= 0.3 is 5.97 Å². The van der Waals surface area contributed by atoms with E-state index in [0.29, 0.717) is 17.3 Å². The molecule has 0 aromatic heterocycles. The van der Waals surface area contributed by atoms with Crippen LogP contribution in [0.25, 0.3) is 0 Å². The fourth-order valence-electron chi connectivity index (χ4n) is 4.43. The predicted octanol–water partition coefficient (Wildman–Crippen LogP) is 2.14. The molecule has 1 spiro atoms. The van der Waals surface area contributed by atoms with Crippen LogP contribution in [0.3, 0.4) is 0 Å². The summed E-state index contributed by atoms with van der Waals surface area (Å²) in [6.07, 6.45) is 5.12. The van der Waals surface area contributed by atoms with E-state index in [2.05, 4.69) is 6.92 Å². The van der Waals surface area contributed by atoms with Crippen LogP contribution < -0.4 is 0 Å². The molecule has 0 radical (unpaired) electrons. The number of carboxylic acids is 1. The Hall–Kier alpha value is -0.530. The van der Waals surface area contributed by atoms with E-state index in [0.717, 1.165) is 5.92 Å². The first-order chi connectivity index (χ1) is 6.17. The Morgan fingerprint density at radius 3 is 2.31 bits per heavy atom. The number of carbonyl (C=O) groups is 1. The molecule has 72 valence electrons. The average molecular weight is 180 g/mol. The second-order valence-corrected chi connectivity index (χ2v) is 5.25. The Labute approximate surface area is 78.3 Å². The highest BCUT2D eigenvalue weighted by Gasteiger charge is 2.68. The van der Waals surface area contributed by atoms with Crippen molar-refractivity contribution in [2.75, 3.05) is 0 Å². The van der Waals surface area contributed by atoms with E-state index in [9.17, 15) is 4.79 Å². The minimum absolute atomic E-state index is 0.0127. The molecule has 0 aromatic carbocycles. The Morgan fingerprint density at radius 2 is 1.92 bits per heavy atom. The van der Waals surface area contributed by atoms with Crippen molar-refractivity contribution in [2.24, 2.45) is 29.1 Å². The minimum atomic E-state index is -0.536. The molecular formula is C11H16O2. The van der Waals surface area contributed by atoms with Crippen molar-refractivity contribution < 1.29 is 9.90 Å². The van der Waals surface area contributed by atoms with Crippen LogP contribution in [0.5, 0.6) is 0 Å². The summed E-state index contributed by atoms with van der Waals surface area (Å²) < 4.78 is 0. The highest BCUT2D eigenvalue weighted by Crippen LogP contribution is 2.74. The molecule has 3 fully saturated rings. The highest BCUT2D eigenvalue weighted by molar-refractivity contribution is 5.72. The van der Waals surface area contributed by atoms with Crippen molar-refractivity contribution in [3.8, 4) is 0 Å². The second-order valence-electron chi connectivity index (χ2n) is 5.25. The normalized spacial score (nSPS) is 49.9. The summed E-state index contributed by atoms with van der Waals surface area (Å²) in [6.45, 7) is 2.16. The van der Waals surface area contributed by atoms with E-state index in [1.54, 1.807) is 0 Å². The monoisotopic (exact) mass is 180 g/mol. The summed E-state index contributed by atoms with van der Waals surface area (Å²) in [7, 11) is 0. The van der Waals surface area contributed by atoms with Crippen LogP contribution in [0.2, 0.25) is 0 Å². The first-order valence-electron chi connectivity index (χ1n) is 5.39. The van der Waals surface area contributed by atoms with Crippen molar-refractivity contribution in [3.63, 3.8) is 0 Å². The standard InChI is InChI=1S/C11H16O2/c1-6-7-2-3-8(9(6)10(12)13)11(7)4-5-11/h6-9H,2-5H2,1H3,(H,12,13).